The van der Waals surface area contributed by atoms with E-state index in [2.05, 4.69) is 190 Å². The Hall–Kier alpha value is -6.05. The van der Waals surface area contributed by atoms with Crippen molar-refractivity contribution in [2.75, 3.05) is 0 Å². The number of pyridine rings is 1. The van der Waals surface area contributed by atoms with Gasteiger partial charge in [0.25, 0.3) is 0 Å². The standard InChI is InChI=1S/C50H39N/c1-34-15-9-12-22-44(34)50(45-23-13-10-20-42(45)43-21-11-14-24-46(43)50)47-31-40(26-25-35(47)2)41-32-48(38-18-7-4-8-19-38)51-49(33-41)39-29-27-37(28-30-39)36-16-5-3-6-17-36/h3-13,15-23,25-33H,14,24H2,1-2H3. The number of hydrogen-bond acceptors (Lipinski definition) is 1. The summed E-state index contributed by atoms with van der Waals surface area (Å²) >= 11 is 0. The maximum absolute atomic E-state index is 5.26. The van der Waals surface area contributed by atoms with E-state index in [1.165, 1.54) is 61.2 Å². The molecule has 0 amide bonds. The van der Waals surface area contributed by atoms with Gasteiger partial charge in [0, 0.05) is 11.1 Å². The lowest BCUT2D eigenvalue weighted by atomic mass is 9.63. The lowest BCUT2D eigenvalue weighted by molar-refractivity contribution is 0.687. The molecule has 0 saturated heterocycles. The van der Waals surface area contributed by atoms with Crippen molar-refractivity contribution in [3.05, 3.63) is 215 Å². The van der Waals surface area contributed by atoms with Gasteiger partial charge in [0.05, 0.1) is 16.8 Å². The van der Waals surface area contributed by atoms with Crippen LogP contribution in [0.4, 0.5) is 0 Å². The minimum atomic E-state index is -0.381. The molecular formula is C50H39N. The fourth-order valence-electron chi connectivity index (χ4n) is 8.54. The number of hydrogen-bond donors (Lipinski definition) is 0. The van der Waals surface area contributed by atoms with Crippen molar-refractivity contribution in [1.29, 1.82) is 0 Å². The highest BCUT2D eigenvalue weighted by molar-refractivity contribution is 5.91. The molecule has 0 radical (unpaired) electrons. The van der Waals surface area contributed by atoms with Crippen LogP contribution in [0.1, 0.15) is 46.2 Å². The number of aromatic nitrogens is 1. The summed E-state index contributed by atoms with van der Waals surface area (Å²) in [6.45, 7) is 4.57. The maximum atomic E-state index is 5.26. The molecule has 51 heavy (non-hydrogen) atoms. The van der Waals surface area contributed by atoms with Crippen LogP contribution in [0.5, 0.6) is 0 Å². The Labute approximate surface area is 301 Å². The first kappa shape index (κ1) is 31.0. The van der Waals surface area contributed by atoms with Gasteiger partial charge in [0.2, 0.25) is 0 Å². The third-order valence-electron chi connectivity index (χ3n) is 11.0. The number of benzene rings is 6. The number of nitrogens with zero attached hydrogens (tertiary/aromatic N) is 1. The van der Waals surface area contributed by atoms with Gasteiger partial charge in [-0.1, -0.05) is 158 Å². The number of fused-ring (bicyclic) bond motifs is 2. The Morgan fingerprint density at radius 3 is 1.73 bits per heavy atom. The minimum Gasteiger partial charge on any atom is -0.248 e. The molecule has 0 aliphatic heterocycles. The predicted molar refractivity (Wildman–Crippen MR) is 214 cm³/mol. The van der Waals surface area contributed by atoms with Crippen LogP contribution in [0, 0.1) is 13.8 Å². The maximum Gasteiger partial charge on any atom is 0.0715 e. The second-order valence-corrected chi connectivity index (χ2v) is 13.9. The molecule has 6 aromatic carbocycles. The topological polar surface area (TPSA) is 12.9 Å². The first-order valence-electron chi connectivity index (χ1n) is 18.0. The molecule has 0 N–H and O–H groups in total. The van der Waals surface area contributed by atoms with Crippen LogP contribution >= 0.6 is 0 Å². The van der Waals surface area contributed by atoms with Gasteiger partial charge in [-0.2, -0.15) is 0 Å². The molecule has 1 heteroatoms. The van der Waals surface area contributed by atoms with Gasteiger partial charge in [-0.05, 0) is 112 Å². The van der Waals surface area contributed by atoms with Crippen LogP contribution < -0.4 is 0 Å². The Kier molecular flexibility index (Phi) is 7.70. The van der Waals surface area contributed by atoms with E-state index in [4.69, 9.17) is 4.98 Å². The average Bonchev–Trinajstić information content (AvgIpc) is 3.49. The summed E-state index contributed by atoms with van der Waals surface area (Å²) in [5.41, 5.74) is 19.5. The summed E-state index contributed by atoms with van der Waals surface area (Å²) in [5.74, 6) is 0. The van der Waals surface area contributed by atoms with E-state index in [1.54, 1.807) is 0 Å². The first-order valence-corrected chi connectivity index (χ1v) is 18.0. The molecule has 0 saturated carbocycles. The molecule has 1 heterocycles. The molecule has 0 fully saturated rings. The van der Waals surface area contributed by atoms with Gasteiger partial charge >= 0.3 is 0 Å². The Balaban J connectivity index is 1.26. The lowest BCUT2D eigenvalue weighted by Gasteiger charge is -2.39. The van der Waals surface area contributed by atoms with Gasteiger partial charge in [-0.3, -0.25) is 0 Å². The van der Waals surface area contributed by atoms with E-state index in [0.717, 1.165) is 40.9 Å². The van der Waals surface area contributed by atoms with Crippen LogP contribution in [0.25, 0.3) is 50.3 Å². The van der Waals surface area contributed by atoms with Crippen LogP contribution in [0.15, 0.2) is 182 Å². The van der Waals surface area contributed by atoms with Crippen LogP contribution in [0.3, 0.4) is 0 Å². The molecule has 2 aliphatic carbocycles. The van der Waals surface area contributed by atoms with Gasteiger partial charge in [0.1, 0.15) is 0 Å². The summed E-state index contributed by atoms with van der Waals surface area (Å²) in [7, 11) is 0. The SMILES string of the molecule is Cc1ccccc1C1(c2cc(-c3cc(-c4ccccc4)nc(-c4ccc(-c5ccccc5)cc4)c3)ccc2C)C2=C(C=CCC2)c2ccccc21. The van der Waals surface area contributed by atoms with E-state index in [1.807, 2.05) is 0 Å². The zero-order valence-electron chi connectivity index (χ0n) is 29.1. The van der Waals surface area contributed by atoms with Crippen molar-refractivity contribution in [3.8, 4) is 44.8 Å². The second-order valence-electron chi connectivity index (χ2n) is 13.9. The van der Waals surface area contributed by atoms with E-state index in [9.17, 15) is 0 Å². The predicted octanol–water partition coefficient (Wildman–Crippen LogP) is 12.8. The Morgan fingerprint density at radius 1 is 0.451 bits per heavy atom. The van der Waals surface area contributed by atoms with Crippen molar-refractivity contribution in [2.24, 2.45) is 0 Å². The molecule has 1 unspecified atom stereocenters. The molecule has 1 nitrogen and oxygen atoms in total. The number of allylic oxidation sites excluding steroid dienone is 4. The average molecular weight is 654 g/mol. The summed E-state index contributed by atoms with van der Waals surface area (Å²) in [6, 6.07) is 59.7. The Bertz CT molecular complexity index is 2470. The van der Waals surface area contributed by atoms with Crippen molar-refractivity contribution < 1.29 is 0 Å². The van der Waals surface area contributed by atoms with Crippen LogP contribution in [0.2, 0.25) is 0 Å². The molecule has 244 valence electrons. The quantitative estimate of drug-likeness (QED) is 0.174. The fraction of sp³-hybridized carbons (Fsp3) is 0.100. The summed E-state index contributed by atoms with van der Waals surface area (Å²) in [6.07, 6.45) is 6.81. The molecule has 9 rings (SSSR count). The van der Waals surface area contributed by atoms with Crippen molar-refractivity contribution in [2.45, 2.75) is 32.1 Å². The highest BCUT2D eigenvalue weighted by Crippen LogP contribution is 2.58. The van der Waals surface area contributed by atoms with E-state index >= 15 is 0 Å². The molecule has 0 spiro atoms. The van der Waals surface area contributed by atoms with Crippen LogP contribution in [-0.2, 0) is 5.41 Å². The molecule has 7 aromatic rings. The number of aryl methyl sites for hydroxylation is 2. The molecule has 0 bridgehead atoms. The summed E-state index contributed by atoms with van der Waals surface area (Å²) in [4.78, 5) is 5.26. The van der Waals surface area contributed by atoms with E-state index in [-0.39, 0.29) is 5.41 Å². The zero-order chi connectivity index (χ0) is 34.4. The Morgan fingerprint density at radius 2 is 1.00 bits per heavy atom. The minimum absolute atomic E-state index is 0.381. The molecule has 1 aromatic heterocycles. The fourth-order valence-corrected chi connectivity index (χ4v) is 8.54. The second kappa shape index (κ2) is 12.7. The van der Waals surface area contributed by atoms with Gasteiger partial charge < -0.3 is 0 Å². The van der Waals surface area contributed by atoms with Crippen molar-refractivity contribution in [1.82, 2.24) is 4.98 Å². The summed E-state index contributed by atoms with van der Waals surface area (Å²) < 4.78 is 0. The van der Waals surface area contributed by atoms with Gasteiger partial charge in [-0.15, -0.1) is 0 Å². The highest BCUT2D eigenvalue weighted by atomic mass is 14.7. The van der Waals surface area contributed by atoms with Gasteiger partial charge in [0.15, 0.2) is 0 Å². The van der Waals surface area contributed by atoms with Crippen LogP contribution in [-0.4, -0.2) is 4.98 Å². The third kappa shape index (κ3) is 5.20. The van der Waals surface area contributed by atoms with E-state index in [0.29, 0.717) is 0 Å². The largest absolute Gasteiger partial charge is 0.248 e. The zero-order valence-corrected chi connectivity index (χ0v) is 29.1. The van der Waals surface area contributed by atoms with Gasteiger partial charge in [-0.25, -0.2) is 4.98 Å². The smallest absolute Gasteiger partial charge is 0.0715 e. The van der Waals surface area contributed by atoms with Crippen molar-refractivity contribution >= 4 is 5.57 Å². The highest BCUT2D eigenvalue weighted by Gasteiger charge is 2.48. The molecule has 1 atom stereocenters. The first-order chi connectivity index (χ1) is 25.1. The summed E-state index contributed by atoms with van der Waals surface area (Å²) in [5, 5.41) is 0. The third-order valence-corrected chi connectivity index (χ3v) is 11.0. The number of rotatable bonds is 6. The molecular weight excluding hydrogens is 615 g/mol. The van der Waals surface area contributed by atoms with E-state index < -0.39 is 0 Å². The molecule has 2 aliphatic rings. The monoisotopic (exact) mass is 653 g/mol. The lowest BCUT2D eigenvalue weighted by Crippen LogP contribution is -2.32. The normalized spacial score (nSPS) is 16.2. The van der Waals surface area contributed by atoms with Crippen molar-refractivity contribution in [3.63, 3.8) is 0 Å².